The van der Waals surface area contributed by atoms with Crippen molar-refractivity contribution in [2.75, 3.05) is 6.61 Å². The molecule has 2 nitrogen and oxygen atoms in total. The van der Waals surface area contributed by atoms with E-state index in [0.717, 1.165) is 62.5 Å². The summed E-state index contributed by atoms with van der Waals surface area (Å²) in [5.41, 5.74) is 2.33. The van der Waals surface area contributed by atoms with Crippen molar-refractivity contribution in [1.29, 1.82) is 0 Å². The fourth-order valence-corrected chi connectivity index (χ4v) is 6.70. The number of halogens is 3. The van der Waals surface area contributed by atoms with Gasteiger partial charge in [-0.05, 0) is 104 Å². The second-order valence-electron chi connectivity index (χ2n) is 11.0. The highest BCUT2D eigenvalue weighted by Crippen LogP contribution is 2.47. The number of hydrogen-bond donors (Lipinski definition) is 1. The topological polar surface area (TPSA) is 32.8 Å². The zero-order valence-electron chi connectivity index (χ0n) is 20.6. The van der Waals surface area contributed by atoms with Gasteiger partial charge in [0.15, 0.2) is 11.6 Å². The first kappa shape index (κ1) is 24.8. The molecule has 3 fully saturated rings. The number of hydrogen-bond acceptors (Lipinski definition) is 2. The molecule has 5 rings (SSSR count). The van der Waals surface area contributed by atoms with E-state index in [9.17, 15) is 18.3 Å². The summed E-state index contributed by atoms with van der Waals surface area (Å²) < 4.78 is 49.5. The highest BCUT2D eigenvalue weighted by molar-refractivity contribution is 5.31. The average Bonchev–Trinajstić information content (AvgIpc) is 3.72. The lowest BCUT2D eigenvalue weighted by Gasteiger charge is -2.38. The van der Waals surface area contributed by atoms with Crippen LogP contribution < -0.4 is 0 Å². The largest absolute Gasteiger partial charge is 0.388 e. The van der Waals surface area contributed by atoms with Crippen molar-refractivity contribution in [3.05, 3.63) is 70.0 Å². The number of ether oxygens (including phenoxy) is 1. The molecule has 2 unspecified atom stereocenters. The van der Waals surface area contributed by atoms with Gasteiger partial charge in [0.05, 0.1) is 12.7 Å². The Morgan fingerprint density at radius 3 is 1.94 bits per heavy atom. The fraction of sp³-hybridized carbons (Fsp3) is 0.600. The van der Waals surface area contributed by atoms with Crippen molar-refractivity contribution < 1.29 is 23.0 Å². The first-order valence-corrected chi connectivity index (χ1v) is 13.5. The summed E-state index contributed by atoms with van der Waals surface area (Å²) in [5, 5.41) is 10.1. The molecule has 5 heteroatoms. The van der Waals surface area contributed by atoms with Gasteiger partial charge in [-0.1, -0.05) is 37.6 Å². The SMILES string of the molecule is CCCC(O)c1ccc(C2CCC(C3CCC(c4ccc(C5CO5)cc4F)CC3)CC2)c(F)c1F. The minimum Gasteiger partial charge on any atom is -0.388 e. The Bertz CT molecular complexity index is 1020. The van der Waals surface area contributed by atoms with E-state index in [1.165, 1.54) is 0 Å². The summed E-state index contributed by atoms with van der Waals surface area (Å²) in [5.74, 6) is -0.165. The molecule has 0 spiro atoms. The van der Waals surface area contributed by atoms with Gasteiger partial charge >= 0.3 is 0 Å². The molecule has 1 aliphatic heterocycles. The van der Waals surface area contributed by atoms with Crippen LogP contribution in [0, 0.1) is 29.3 Å². The normalized spacial score (nSPS) is 29.7. The molecule has 1 N–H and O–H groups in total. The third-order valence-electron chi connectivity index (χ3n) is 8.88. The molecule has 190 valence electrons. The van der Waals surface area contributed by atoms with Crippen molar-refractivity contribution in [1.82, 2.24) is 0 Å². The Labute approximate surface area is 206 Å². The van der Waals surface area contributed by atoms with E-state index >= 15 is 0 Å². The van der Waals surface area contributed by atoms with E-state index < -0.39 is 17.7 Å². The van der Waals surface area contributed by atoms with Crippen LogP contribution in [0.25, 0.3) is 0 Å². The summed E-state index contributed by atoms with van der Waals surface area (Å²) >= 11 is 0. The molecule has 0 amide bonds. The third kappa shape index (κ3) is 5.32. The average molecular weight is 487 g/mol. The van der Waals surface area contributed by atoms with Crippen molar-refractivity contribution in [3.8, 4) is 0 Å². The number of aliphatic hydroxyl groups is 1. The first-order chi connectivity index (χ1) is 17.0. The van der Waals surface area contributed by atoms with Crippen LogP contribution in [0.5, 0.6) is 0 Å². The van der Waals surface area contributed by atoms with Gasteiger partial charge in [-0.25, -0.2) is 13.2 Å². The maximum absolute atomic E-state index is 14.9. The molecule has 2 aromatic carbocycles. The molecule has 2 saturated carbocycles. The summed E-state index contributed by atoms with van der Waals surface area (Å²) in [7, 11) is 0. The van der Waals surface area contributed by atoms with E-state index in [-0.39, 0.29) is 29.3 Å². The number of epoxide rings is 1. The van der Waals surface area contributed by atoms with Crippen LogP contribution in [0.3, 0.4) is 0 Å². The van der Waals surface area contributed by atoms with Crippen LogP contribution in [-0.4, -0.2) is 11.7 Å². The minimum atomic E-state index is -0.951. The molecule has 2 aliphatic carbocycles. The molecule has 2 aromatic rings. The van der Waals surface area contributed by atoms with Crippen LogP contribution in [0.15, 0.2) is 30.3 Å². The summed E-state index contributed by atoms with van der Waals surface area (Å²) in [4.78, 5) is 0. The van der Waals surface area contributed by atoms with Gasteiger partial charge in [-0.3, -0.25) is 0 Å². The molecular weight excluding hydrogens is 449 g/mol. The highest BCUT2D eigenvalue weighted by atomic mass is 19.2. The van der Waals surface area contributed by atoms with Crippen molar-refractivity contribution in [3.63, 3.8) is 0 Å². The maximum atomic E-state index is 14.9. The predicted octanol–water partition coefficient (Wildman–Crippen LogP) is 8.26. The number of rotatable bonds is 7. The number of aliphatic hydroxyl groups excluding tert-OH is 1. The zero-order chi connectivity index (χ0) is 24.5. The second kappa shape index (κ2) is 10.6. The van der Waals surface area contributed by atoms with Gasteiger partial charge in [0.25, 0.3) is 0 Å². The predicted molar refractivity (Wildman–Crippen MR) is 131 cm³/mol. The molecule has 0 aromatic heterocycles. The fourth-order valence-electron chi connectivity index (χ4n) is 6.70. The van der Waals surface area contributed by atoms with Gasteiger partial charge in [0.1, 0.15) is 11.9 Å². The minimum absolute atomic E-state index is 0.0394. The van der Waals surface area contributed by atoms with Crippen LogP contribution in [0.2, 0.25) is 0 Å². The molecule has 1 saturated heterocycles. The van der Waals surface area contributed by atoms with E-state index in [2.05, 4.69) is 0 Å². The maximum Gasteiger partial charge on any atom is 0.164 e. The monoisotopic (exact) mass is 486 g/mol. The summed E-state index contributed by atoms with van der Waals surface area (Å²) in [6.07, 6.45) is 8.34. The van der Waals surface area contributed by atoms with Crippen LogP contribution in [0.4, 0.5) is 13.2 Å². The lowest BCUT2D eigenvalue weighted by molar-refractivity contribution is 0.160. The van der Waals surface area contributed by atoms with Crippen LogP contribution in [-0.2, 0) is 4.74 Å². The van der Waals surface area contributed by atoms with Gasteiger partial charge in [-0.15, -0.1) is 0 Å². The smallest absolute Gasteiger partial charge is 0.164 e. The van der Waals surface area contributed by atoms with E-state index in [1.807, 2.05) is 19.1 Å². The molecule has 1 heterocycles. The Kier molecular flexibility index (Phi) is 7.55. The third-order valence-corrected chi connectivity index (χ3v) is 8.88. The number of benzene rings is 2. The summed E-state index contributed by atoms with van der Waals surface area (Å²) in [6.45, 7) is 2.61. The first-order valence-electron chi connectivity index (χ1n) is 13.5. The summed E-state index contributed by atoms with van der Waals surface area (Å²) in [6, 6.07) is 8.90. The van der Waals surface area contributed by atoms with E-state index in [0.29, 0.717) is 36.8 Å². The molecule has 3 aliphatic rings. The van der Waals surface area contributed by atoms with Gasteiger partial charge in [0.2, 0.25) is 0 Å². The van der Waals surface area contributed by atoms with Gasteiger partial charge in [0, 0.05) is 5.56 Å². The highest BCUT2D eigenvalue weighted by Gasteiger charge is 2.34. The van der Waals surface area contributed by atoms with Crippen LogP contribution in [0.1, 0.15) is 117 Å². The van der Waals surface area contributed by atoms with Crippen molar-refractivity contribution in [2.45, 2.75) is 95.2 Å². The Morgan fingerprint density at radius 1 is 0.829 bits per heavy atom. The molecular formula is C30H37F3O2. The van der Waals surface area contributed by atoms with Crippen LogP contribution >= 0.6 is 0 Å². The quantitative estimate of drug-likeness (QED) is 0.400. The Balaban J connectivity index is 1.15. The Hall–Kier alpha value is -1.85. The standard InChI is InChI=1S/C30H37F3O2/c1-2-3-27(34)25-15-14-24(29(32)30(25)33)21-10-6-19(7-11-21)18-4-8-20(9-5-18)23-13-12-22(16-26(23)31)28-17-35-28/h12-16,18-21,27-28,34H,2-11,17H2,1H3. The van der Waals surface area contributed by atoms with Gasteiger partial charge < -0.3 is 9.84 Å². The molecule has 2 atom stereocenters. The van der Waals surface area contributed by atoms with E-state index in [1.54, 1.807) is 18.2 Å². The lowest BCUT2D eigenvalue weighted by atomic mass is 9.67. The zero-order valence-corrected chi connectivity index (χ0v) is 20.6. The molecule has 35 heavy (non-hydrogen) atoms. The lowest BCUT2D eigenvalue weighted by Crippen LogP contribution is -2.25. The van der Waals surface area contributed by atoms with Crippen molar-refractivity contribution in [2.24, 2.45) is 11.8 Å². The van der Waals surface area contributed by atoms with Crippen molar-refractivity contribution >= 4 is 0 Å². The van der Waals surface area contributed by atoms with E-state index in [4.69, 9.17) is 4.74 Å². The molecule has 0 bridgehead atoms. The Morgan fingerprint density at radius 2 is 1.40 bits per heavy atom. The second-order valence-corrected chi connectivity index (χ2v) is 11.0. The van der Waals surface area contributed by atoms with Gasteiger partial charge in [-0.2, -0.15) is 0 Å². The molecule has 0 radical (unpaired) electrons.